The van der Waals surface area contributed by atoms with Crippen molar-refractivity contribution in [3.63, 3.8) is 0 Å². The van der Waals surface area contributed by atoms with Gasteiger partial charge in [-0.15, -0.1) is 0 Å². The Kier molecular flexibility index (Phi) is 5.31. The van der Waals surface area contributed by atoms with Gasteiger partial charge in [0.25, 0.3) is 5.56 Å². The lowest BCUT2D eigenvalue weighted by Crippen LogP contribution is -2.26. The van der Waals surface area contributed by atoms with E-state index in [1.807, 2.05) is 11.9 Å². The monoisotopic (exact) mass is 361 g/mol. The van der Waals surface area contributed by atoms with Crippen molar-refractivity contribution in [2.45, 2.75) is 6.54 Å². The molecule has 1 aromatic heterocycles. The SMILES string of the molecule is CN(CCOc1ccc(F)cc1)Cc1nc2ccc(Cl)cc2c(=O)[nH]1. The van der Waals surface area contributed by atoms with Gasteiger partial charge in [-0.25, -0.2) is 9.37 Å². The number of H-pyrrole nitrogens is 1. The second-order valence-electron chi connectivity index (χ2n) is 5.71. The molecule has 0 aliphatic carbocycles. The second-order valence-corrected chi connectivity index (χ2v) is 6.15. The van der Waals surface area contributed by atoms with Crippen molar-refractivity contribution in [3.8, 4) is 5.75 Å². The van der Waals surface area contributed by atoms with Crippen molar-refractivity contribution < 1.29 is 9.13 Å². The summed E-state index contributed by atoms with van der Waals surface area (Å²) in [5.74, 6) is 0.894. The molecule has 130 valence electrons. The van der Waals surface area contributed by atoms with E-state index in [2.05, 4.69) is 9.97 Å². The van der Waals surface area contributed by atoms with Gasteiger partial charge in [-0.3, -0.25) is 9.69 Å². The van der Waals surface area contributed by atoms with Crippen LogP contribution in [-0.2, 0) is 6.54 Å². The molecule has 0 radical (unpaired) electrons. The molecule has 7 heteroatoms. The third-order valence-corrected chi connectivity index (χ3v) is 3.93. The number of nitrogens with one attached hydrogen (secondary N) is 1. The van der Waals surface area contributed by atoms with Gasteiger partial charge in [0, 0.05) is 11.6 Å². The van der Waals surface area contributed by atoms with E-state index in [-0.39, 0.29) is 11.4 Å². The topological polar surface area (TPSA) is 58.2 Å². The molecule has 5 nitrogen and oxygen atoms in total. The molecule has 1 heterocycles. The Labute approximate surface area is 149 Å². The van der Waals surface area contributed by atoms with Crippen molar-refractivity contribution in [2.24, 2.45) is 0 Å². The fourth-order valence-electron chi connectivity index (χ4n) is 2.42. The smallest absolute Gasteiger partial charge is 0.258 e. The molecular formula is C18H17ClFN3O2. The number of ether oxygens (including phenoxy) is 1. The van der Waals surface area contributed by atoms with E-state index in [1.165, 1.54) is 12.1 Å². The van der Waals surface area contributed by atoms with Gasteiger partial charge in [-0.1, -0.05) is 11.6 Å². The molecule has 0 aliphatic rings. The van der Waals surface area contributed by atoms with Gasteiger partial charge >= 0.3 is 0 Å². The molecule has 3 aromatic rings. The lowest BCUT2D eigenvalue weighted by molar-refractivity contribution is 0.229. The first-order valence-corrected chi connectivity index (χ1v) is 8.14. The number of hydrogen-bond acceptors (Lipinski definition) is 4. The lowest BCUT2D eigenvalue weighted by Gasteiger charge is -2.16. The minimum absolute atomic E-state index is 0.210. The molecule has 0 bridgehead atoms. The van der Waals surface area contributed by atoms with Crippen LogP contribution in [0.4, 0.5) is 4.39 Å². The zero-order chi connectivity index (χ0) is 17.8. The summed E-state index contributed by atoms with van der Waals surface area (Å²) in [5.41, 5.74) is 0.401. The predicted octanol–water partition coefficient (Wildman–Crippen LogP) is 3.23. The average molecular weight is 362 g/mol. The Balaban J connectivity index is 1.60. The largest absolute Gasteiger partial charge is 0.492 e. The highest BCUT2D eigenvalue weighted by Crippen LogP contribution is 2.15. The lowest BCUT2D eigenvalue weighted by atomic mass is 10.2. The molecule has 0 amide bonds. The highest BCUT2D eigenvalue weighted by Gasteiger charge is 2.07. The van der Waals surface area contributed by atoms with Gasteiger partial charge < -0.3 is 9.72 Å². The molecule has 25 heavy (non-hydrogen) atoms. The fourth-order valence-corrected chi connectivity index (χ4v) is 2.59. The Bertz CT molecular complexity index is 928. The van der Waals surface area contributed by atoms with Crippen LogP contribution >= 0.6 is 11.6 Å². The molecule has 0 atom stereocenters. The zero-order valence-corrected chi connectivity index (χ0v) is 14.4. The van der Waals surface area contributed by atoms with Crippen molar-refractivity contribution in [1.82, 2.24) is 14.9 Å². The molecule has 0 unspecified atom stereocenters. The van der Waals surface area contributed by atoms with Crippen molar-refractivity contribution >= 4 is 22.5 Å². The number of aromatic amines is 1. The van der Waals surface area contributed by atoms with Crippen LogP contribution in [0.15, 0.2) is 47.3 Å². The molecule has 0 fully saturated rings. The highest BCUT2D eigenvalue weighted by molar-refractivity contribution is 6.31. The number of aromatic nitrogens is 2. The zero-order valence-electron chi connectivity index (χ0n) is 13.6. The first-order chi connectivity index (χ1) is 12.0. The van der Waals surface area contributed by atoms with Gasteiger partial charge in [0.1, 0.15) is 24.0 Å². The van der Waals surface area contributed by atoms with E-state index in [0.717, 1.165) is 0 Å². The van der Waals surface area contributed by atoms with Crippen molar-refractivity contribution in [1.29, 1.82) is 0 Å². The van der Waals surface area contributed by atoms with Gasteiger partial charge in [0.15, 0.2) is 0 Å². The van der Waals surface area contributed by atoms with Crippen LogP contribution < -0.4 is 10.3 Å². The van der Waals surface area contributed by atoms with E-state index >= 15 is 0 Å². The summed E-state index contributed by atoms with van der Waals surface area (Å²) in [7, 11) is 1.90. The van der Waals surface area contributed by atoms with Crippen LogP contribution in [0.25, 0.3) is 10.9 Å². The van der Waals surface area contributed by atoms with Crippen LogP contribution in [0.2, 0.25) is 5.02 Å². The first kappa shape index (κ1) is 17.4. The van der Waals surface area contributed by atoms with Gasteiger partial charge in [0.05, 0.1) is 17.4 Å². The molecule has 0 saturated heterocycles. The van der Waals surface area contributed by atoms with E-state index in [0.29, 0.717) is 47.2 Å². The summed E-state index contributed by atoms with van der Waals surface area (Å²) in [6.07, 6.45) is 0. The number of fused-ring (bicyclic) bond motifs is 1. The maximum Gasteiger partial charge on any atom is 0.258 e. The maximum absolute atomic E-state index is 12.8. The molecular weight excluding hydrogens is 345 g/mol. The summed E-state index contributed by atoms with van der Waals surface area (Å²) >= 11 is 5.91. The van der Waals surface area contributed by atoms with Crippen LogP contribution in [0, 0.1) is 5.82 Å². The van der Waals surface area contributed by atoms with Crippen LogP contribution in [0.5, 0.6) is 5.75 Å². The van der Waals surface area contributed by atoms with Gasteiger partial charge in [-0.05, 0) is 49.5 Å². The van der Waals surface area contributed by atoms with E-state index < -0.39 is 0 Å². The van der Waals surface area contributed by atoms with E-state index in [9.17, 15) is 9.18 Å². The standard InChI is InChI=1S/C18H17ClFN3O2/c1-23(8-9-25-14-5-3-13(20)4-6-14)11-17-21-16-7-2-12(19)10-15(16)18(24)22-17/h2-7,10H,8-9,11H2,1H3,(H,21,22,24). The number of nitrogens with zero attached hydrogens (tertiary/aromatic N) is 2. The average Bonchev–Trinajstić information content (AvgIpc) is 2.57. The Morgan fingerprint density at radius 3 is 2.76 bits per heavy atom. The normalized spacial score (nSPS) is 11.2. The quantitative estimate of drug-likeness (QED) is 0.732. The Hall–Kier alpha value is -2.44. The third kappa shape index (κ3) is 4.55. The highest BCUT2D eigenvalue weighted by atomic mass is 35.5. The van der Waals surface area contributed by atoms with Gasteiger partial charge in [0.2, 0.25) is 0 Å². The number of halogens is 2. The number of rotatable bonds is 6. The third-order valence-electron chi connectivity index (χ3n) is 3.69. The molecule has 0 saturated carbocycles. The number of hydrogen-bond donors (Lipinski definition) is 1. The Morgan fingerprint density at radius 1 is 1.24 bits per heavy atom. The van der Waals surface area contributed by atoms with Crippen LogP contribution in [-0.4, -0.2) is 35.1 Å². The summed E-state index contributed by atoms with van der Waals surface area (Å²) < 4.78 is 18.4. The summed E-state index contributed by atoms with van der Waals surface area (Å²) in [4.78, 5) is 21.3. The first-order valence-electron chi connectivity index (χ1n) is 7.76. The summed E-state index contributed by atoms with van der Waals surface area (Å²) in [6, 6.07) is 10.9. The fraction of sp³-hybridized carbons (Fsp3) is 0.222. The van der Waals surface area contributed by atoms with Crippen molar-refractivity contribution in [2.75, 3.05) is 20.2 Å². The summed E-state index contributed by atoms with van der Waals surface area (Å²) in [5, 5.41) is 0.973. The van der Waals surface area contributed by atoms with Gasteiger partial charge in [-0.2, -0.15) is 0 Å². The minimum atomic E-state index is -0.294. The van der Waals surface area contributed by atoms with Crippen LogP contribution in [0.1, 0.15) is 5.82 Å². The number of benzene rings is 2. The molecule has 1 N–H and O–H groups in total. The van der Waals surface area contributed by atoms with Crippen molar-refractivity contribution in [3.05, 3.63) is 69.5 Å². The minimum Gasteiger partial charge on any atom is -0.492 e. The molecule has 0 aliphatic heterocycles. The maximum atomic E-state index is 12.8. The molecule has 3 rings (SSSR count). The van der Waals surface area contributed by atoms with E-state index in [4.69, 9.17) is 16.3 Å². The number of likely N-dealkylation sites (N-methyl/N-ethyl adjacent to an activating group) is 1. The molecule has 2 aromatic carbocycles. The van der Waals surface area contributed by atoms with E-state index in [1.54, 1.807) is 30.3 Å². The Morgan fingerprint density at radius 2 is 2.00 bits per heavy atom. The second kappa shape index (κ2) is 7.63. The molecule has 0 spiro atoms. The summed E-state index contributed by atoms with van der Waals surface area (Å²) in [6.45, 7) is 1.54. The van der Waals surface area contributed by atoms with Crippen LogP contribution in [0.3, 0.4) is 0 Å². The predicted molar refractivity (Wildman–Crippen MR) is 95.6 cm³/mol.